The van der Waals surface area contributed by atoms with Gasteiger partial charge >= 0.3 is 6.36 Å². The van der Waals surface area contributed by atoms with Crippen LogP contribution in [-0.4, -0.2) is 40.0 Å². The standard InChI is InChI=1S/C24H18Cl2F3N5O3/c25-15-4-2-1-3-14(15)17-11-19(34-33-17)21(35)31-18(22(36)32-23(12-30)7-8-23)10-13-5-6-20(16(26)9-13)37-24(27,28)29/h1-6,9,11,18H,7-8,10H2,(H,31,35)(H,32,36)(H,33,34). The second-order valence-electron chi connectivity index (χ2n) is 8.37. The van der Waals surface area contributed by atoms with Crippen molar-refractivity contribution >= 4 is 35.0 Å². The van der Waals surface area contributed by atoms with Gasteiger partial charge in [-0.2, -0.15) is 10.4 Å². The molecule has 3 N–H and O–H groups in total. The van der Waals surface area contributed by atoms with Crippen molar-refractivity contribution in [3.05, 3.63) is 69.8 Å². The van der Waals surface area contributed by atoms with Crippen molar-refractivity contribution in [2.45, 2.75) is 37.2 Å². The van der Waals surface area contributed by atoms with Crippen LogP contribution >= 0.6 is 23.2 Å². The van der Waals surface area contributed by atoms with Gasteiger partial charge in [0, 0.05) is 12.0 Å². The number of benzene rings is 2. The number of ether oxygens (including phenoxy) is 1. The van der Waals surface area contributed by atoms with E-state index in [1.54, 1.807) is 24.3 Å². The number of rotatable bonds is 8. The summed E-state index contributed by atoms with van der Waals surface area (Å²) in [4.78, 5) is 26.0. The highest BCUT2D eigenvalue weighted by molar-refractivity contribution is 6.33. The number of carbonyl (C=O) groups excluding carboxylic acids is 2. The van der Waals surface area contributed by atoms with Gasteiger partial charge in [-0.15, -0.1) is 13.2 Å². The molecule has 3 aromatic rings. The molecule has 37 heavy (non-hydrogen) atoms. The molecule has 4 rings (SSSR count). The van der Waals surface area contributed by atoms with Gasteiger partial charge in [0.2, 0.25) is 5.91 Å². The quantitative estimate of drug-likeness (QED) is 0.371. The van der Waals surface area contributed by atoms with E-state index in [9.17, 15) is 28.0 Å². The number of halogens is 5. The van der Waals surface area contributed by atoms with E-state index in [1.807, 2.05) is 6.07 Å². The van der Waals surface area contributed by atoms with Crippen LogP contribution < -0.4 is 15.4 Å². The number of aromatic amines is 1. The fraction of sp³-hybridized carbons (Fsp3) is 0.250. The first kappa shape index (κ1) is 26.3. The van der Waals surface area contributed by atoms with Crippen LogP contribution in [0, 0.1) is 11.3 Å². The molecule has 0 spiro atoms. The Balaban J connectivity index is 1.54. The van der Waals surface area contributed by atoms with Crippen LogP contribution in [0.15, 0.2) is 48.5 Å². The number of nitrogens with zero attached hydrogens (tertiary/aromatic N) is 2. The molecule has 1 heterocycles. The van der Waals surface area contributed by atoms with Gasteiger partial charge in [0.25, 0.3) is 5.91 Å². The van der Waals surface area contributed by atoms with Gasteiger partial charge in [-0.3, -0.25) is 14.7 Å². The highest BCUT2D eigenvalue weighted by Gasteiger charge is 2.45. The minimum atomic E-state index is -4.93. The normalized spacial score (nSPS) is 14.8. The highest BCUT2D eigenvalue weighted by atomic mass is 35.5. The Morgan fingerprint density at radius 3 is 2.51 bits per heavy atom. The number of aromatic nitrogens is 2. The summed E-state index contributed by atoms with van der Waals surface area (Å²) >= 11 is 12.1. The average molecular weight is 552 g/mol. The lowest BCUT2D eigenvalue weighted by Gasteiger charge is -2.20. The molecule has 1 aromatic heterocycles. The molecule has 8 nitrogen and oxygen atoms in total. The number of hydrogen-bond donors (Lipinski definition) is 3. The first-order valence-corrected chi connectivity index (χ1v) is 11.6. The molecule has 1 fully saturated rings. The summed E-state index contributed by atoms with van der Waals surface area (Å²) in [6.07, 6.45) is -4.12. The van der Waals surface area contributed by atoms with Crippen LogP contribution in [0.4, 0.5) is 13.2 Å². The van der Waals surface area contributed by atoms with Gasteiger partial charge in [-0.25, -0.2) is 0 Å². The molecule has 2 aromatic carbocycles. The molecule has 0 aliphatic heterocycles. The monoisotopic (exact) mass is 551 g/mol. The summed E-state index contributed by atoms with van der Waals surface area (Å²) in [5.74, 6) is -1.91. The number of hydrogen-bond acceptors (Lipinski definition) is 5. The molecule has 1 unspecified atom stereocenters. The van der Waals surface area contributed by atoms with E-state index in [2.05, 4.69) is 25.6 Å². The molecule has 2 amide bonds. The van der Waals surface area contributed by atoms with Crippen LogP contribution in [-0.2, 0) is 11.2 Å². The van der Waals surface area contributed by atoms with Gasteiger partial charge in [0.1, 0.15) is 23.0 Å². The maximum atomic E-state index is 13.0. The van der Waals surface area contributed by atoms with Crippen LogP contribution in [0.2, 0.25) is 10.0 Å². The number of H-pyrrole nitrogens is 1. The van der Waals surface area contributed by atoms with E-state index in [1.165, 1.54) is 18.2 Å². The smallest absolute Gasteiger partial charge is 0.404 e. The molecule has 1 atom stereocenters. The molecule has 0 bridgehead atoms. The predicted octanol–water partition coefficient (Wildman–Crippen LogP) is 4.80. The van der Waals surface area contributed by atoms with Crippen molar-refractivity contribution in [2.75, 3.05) is 0 Å². The van der Waals surface area contributed by atoms with E-state index >= 15 is 0 Å². The van der Waals surface area contributed by atoms with Crippen molar-refractivity contribution < 1.29 is 27.5 Å². The average Bonchev–Trinajstić information content (AvgIpc) is 3.43. The zero-order valence-corrected chi connectivity index (χ0v) is 20.3. The molecular formula is C24H18Cl2F3N5O3. The van der Waals surface area contributed by atoms with E-state index in [-0.39, 0.29) is 17.1 Å². The molecule has 1 aliphatic carbocycles. The molecule has 0 radical (unpaired) electrons. The van der Waals surface area contributed by atoms with Gasteiger partial charge in [0.05, 0.1) is 21.8 Å². The van der Waals surface area contributed by atoms with Crippen LogP contribution in [0.1, 0.15) is 28.9 Å². The first-order chi connectivity index (χ1) is 17.5. The third-order valence-electron chi connectivity index (χ3n) is 5.58. The molecule has 1 saturated carbocycles. The number of nitrogens with one attached hydrogen (secondary N) is 3. The lowest BCUT2D eigenvalue weighted by Crippen LogP contribution is -2.51. The van der Waals surface area contributed by atoms with E-state index in [0.717, 1.165) is 6.07 Å². The van der Waals surface area contributed by atoms with Gasteiger partial charge < -0.3 is 15.4 Å². The Bertz CT molecular complexity index is 1380. The highest BCUT2D eigenvalue weighted by Crippen LogP contribution is 2.35. The zero-order chi connectivity index (χ0) is 26.8. The molecule has 192 valence electrons. The van der Waals surface area contributed by atoms with Gasteiger partial charge in [-0.05, 0) is 42.7 Å². The third-order valence-corrected chi connectivity index (χ3v) is 6.21. The predicted molar refractivity (Wildman–Crippen MR) is 128 cm³/mol. The summed E-state index contributed by atoms with van der Waals surface area (Å²) in [5.41, 5.74) is 0.386. The van der Waals surface area contributed by atoms with Crippen LogP contribution in [0.3, 0.4) is 0 Å². The summed E-state index contributed by atoms with van der Waals surface area (Å²) in [5, 5.41) is 21.4. The first-order valence-electron chi connectivity index (χ1n) is 10.9. The Labute approximate surface area is 218 Å². The number of nitriles is 1. The third kappa shape index (κ3) is 6.53. The molecule has 1 aliphatic rings. The second kappa shape index (κ2) is 10.3. The van der Waals surface area contributed by atoms with E-state index in [4.69, 9.17) is 23.2 Å². The number of amides is 2. The van der Waals surface area contributed by atoms with Crippen molar-refractivity contribution in [2.24, 2.45) is 0 Å². The Hall–Kier alpha value is -3.75. The Kier molecular flexibility index (Phi) is 7.34. The topological polar surface area (TPSA) is 120 Å². The zero-order valence-electron chi connectivity index (χ0n) is 18.8. The summed E-state index contributed by atoms with van der Waals surface area (Å²) < 4.78 is 41.5. The van der Waals surface area contributed by atoms with Crippen molar-refractivity contribution in [3.63, 3.8) is 0 Å². The van der Waals surface area contributed by atoms with E-state index in [0.29, 0.717) is 34.7 Å². The van der Waals surface area contributed by atoms with E-state index < -0.39 is 35.5 Å². The summed E-state index contributed by atoms with van der Waals surface area (Å²) in [7, 11) is 0. The number of carbonyl (C=O) groups is 2. The largest absolute Gasteiger partial charge is 0.573 e. The van der Waals surface area contributed by atoms with Gasteiger partial charge in [0.15, 0.2) is 0 Å². The lowest BCUT2D eigenvalue weighted by molar-refractivity contribution is -0.274. The van der Waals surface area contributed by atoms with Crippen LogP contribution in [0.25, 0.3) is 11.3 Å². The Morgan fingerprint density at radius 1 is 1.16 bits per heavy atom. The fourth-order valence-electron chi connectivity index (χ4n) is 3.52. The minimum Gasteiger partial charge on any atom is -0.404 e. The fourth-order valence-corrected chi connectivity index (χ4v) is 3.99. The summed E-state index contributed by atoms with van der Waals surface area (Å²) in [6.45, 7) is 0. The van der Waals surface area contributed by atoms with Gasteiger partial charge in [-0.1, -0.05) is 47.5 Å². The van der Waals surface area contributed by atoms with Crippen LogP contribution in [0.5, 0.6) is 5.75 Å². The summed E-state index contributed by atoms with van der Waals surface area (Å²) in [6, 6.07) is 12.7. The SMILES string of the molecule is N#CC1(NC(=O)C(Cc2ccc(OC(F)(F)F)c(Cl)c2)NC(=O)c2cc(-c3ccccc3Cl)n[nH]2)CC1. The lowest BCUT2D eigenvalue weighted by atomic mass is 10.0. The van der Waals surface area contributed by atoms with Crippen molar-refractivity contribution in [3.8, 4) is 23.1 Å². The molecular weight excluding hydrogens is 534 g/mol. The molecule has 0 saturated heterocycles. The van der Waals surface area contributed by atoms with Crippen molar-refractivity contribution in [1.29, 1.82) is 5.26 Å². The Morgan fingerprint density at radius 2 is 1.89 bits per heavy atom. The second-order valence-corrected chi connectivity index (χ2v) is 9.19. The minimum absolute atomic E-state index is 0.0427. The maximum absolute atomic E-state index is 13.0. The number of alkyl halides is 3. The molecule has 13 heteroatoms. The van der Waals surface area contributed by atoms with Crippen molar-refractivity contribution in [1.82, 2.24) is 20.8 Å². The maximum Gasteiger partial charge on any atom is 0.573 e.